The third-order valence-electron chi connectivity index (χ3n) is 2.43. The van der Waals surface area contributed by atoms with E-state index in [1.54, 1.807) is 7.11 Å². The van der Waals surface area contributed by atoms with E-state index in [4.69, 9.17) is 14.2 Å². The van der Waals surface area contributed by atoms with E-state index in [9.17, 15) is 0 Å². The normalized spacial score (nSPS) is 23.1. The van der Waals surface area contributed by atoms with E-state index in [-0.39, 0.29) is 6.23 Å². The Morgan fingerprint density at radius 1 is 1.31 bits per heavy atom. The Balaban J connectivity index is 1.94. The number of anilines is 1. The second-order valence-corrected chi connectivity index (χ2v) is 4.19. The maximum atomic E-state index is 5.64. The van der Waals surface area contributed by atoms with Crippen LogP contribution in [0.5, 0.6) is 5.75 Å². The monoisotopic (exact) mass is 223 g/mol. The molecule has 4 heteroatoms. The van der Waals surface area contributed by atoms with Crippen molar-refractivity contribution in [2.45, 2.75) is 25.9 Å². The van der Waals surface area contributed by atoms with E-state index in [0.717, 1.165) is 11.4 Å². The van der Waals surface area contributed by atoms with Crippen molar-refractivity contribution < 1.29 is 14.2 Å². The van der Waals surface area contributed by atoms with Crippen molar-refractivity contribution in [2.75, 3.05) is 19.0 Å². The van der Waals surface area contributed by atoms with Crippen molar-refractivity contribution in [3.05, 3.63) is 24.3 Å². The number of methoxy groups -OCH3 is 1. The first kappa shape index (κ1) is 11.2. The van der Waals surface area contributed by atoms with E-state index in [0.29, 0.717) is 6.61 Å². The predicted octanol–water partition coefficient (Wildman–Crippen LogP) is 2.22. The zero-order valence-corrected chi connectivity index (χ0v) is 9.82. The van der Waals surface area contributed by atoms with Crippen LogP contribution in [0.15, 0.2) is 24.3 Å². The van der Waals surface area contributed by atoms with E-state index >= 15 is 0 Å². The Morgan fingerprint density at radius 2 is 2.00 bits per heavy atom. The molecule has 1 aliphatic heterocycles. The van der Waals surface area contributed by atoms with Crippen molar-refractivity contribution in [3.8, 4) is 5.75 Å². The molecule has 1 heterocycles. The molecule has 1 aromatic carbocycles. The van der Waals surface area contributed by atoms with Crippen molar-refractivity contribution in [1.29, 1.82) is 0 Å². The van der Waals surface area contributed by atoms with Crippen LogP contribution in [0.2, 0.25) is 0 Å². The molecule has 1 saturated heterocycles. The highest BCUT2D eigenvalue weighted by molar-refractivity contribution is 5.46. The Labute approximate surface area is 95.5 Å². The van der Waals surface area contributed by atoms with Crippen LogP contribution in [0.1, 0.15) is 13.8 Å². The van der Waals surface area contributed by atoms with Gasteiger partial charge in [0.25, 0.3) is 0 Å². The molecule has 0 spiro atoms. The van der Waals surface area contributed by atoms with Gasteiger partial charge in [0, 0.05) is 5.69 Å². The smallest absolute Gasteiger partial charge is 0.165 e. The molecule has 88 valence electrons. The first-order valence-corrected chi connectivity index (χ1v) is 5.31. The summed E-state index contributed by atoms with van der Waals surface area (Å²) in [6.07, 6.45) is -0.0941. The second-order valence-electron chi connectivity index (χ2n) is 4.19. The summed E-state index contributed by atoms with van der Waals surface area (Å²) >= 11 is 0. The lowest BCUT2D eigenvalue weighted by Gasteiger charge is -2.18. The molecule has 1 aromatic rings. The fourth-order valence-corrected chi connectivity index (χ4v) is 1.63. The van der Waals surface area contributed by atoms with Gasteiger partial charge in [-0.1, -0.05) is 0 Å². The molecule has 1 atom stereocenters. The fraction of sp³-hybridized carbons (Fsp3) is 0.500. The van der Waals surface area contributed by atoms with Gasteiger partial charge in [0.1, 0.15) is 5.75 Å². The lowest BCUT2D eigenvalue weighted by molar-refractivity contribution is -0.135. The summed E-state index contributed by atoms with van der Waals surface area (Å²) < 4.78 is 16.2. The highest BCUT2D eigenvalue weighted by Crippen LogP contribution is 2.24. The lowest BCUT2D eigenvalue weighted by Crippen LogP contribution is -2.25. The van der Waals surface area contributed by atoms with E-state index < -0.39 is 5.79 Å². The van der Waals surface area contributed by atoms with Gasteiger partial charge in [0.2, 0.25) is 0 Å². The maximum absolute atomic E-state index is 5.64. The van der Waals surface area contributed by atoms with E-state index in [1.807, 2.05) is 38.1 Å². The zero-order valence-electron chi connectivity index (χ0n) is 9.82. The number of hydrogen-bond donors (Lipinski definition) is 1. The average molecular weight is 223 g/mol. The minimum atomic E-state index is -0.496. The molecule has 0 amide bonds. The van der Waals surface area contributed by atoms with Crippen LogP contribution in [-0.2, 0) is 9.47 Å². The molecule has 0 bridgehead atoms. The second kappa shape index (κ2) is 4.31. The Hall–Kier alpha value is -1.26. The molecule has 16 heavy (non-hydrogen) atoms. The summed E-state index contributed by atoms with van der Waals surface area (Å²) in [6.45, 7) is 4.37. The van der Waals surface area contributed by atoms with Gasteiger partial charge in [-0.3, -0.25) is 0 Å². The number of rotatable bonds is 3. The van der Waals surface area contributed by atoms with Gasteiger partial charge < -0.3 is 19.5 Å². The Bertz CT molecular complexity index is 348. The predicted molar refractivity (Wildman–Crippen MR) is 61.5 cm³/mol. The number of hydrogen-bond acceptors (Lipinski definition) is 4. The van der Waals surface area contributed by atoms with Gasteiger partial charge >= 0.3 is 0 Å². The number of ether oxygens (including phenoxy) is 3. The number of benzene rings is 1. The van der Waals surface area contributed by atoms with Crippen molar-refractivity contribution in [3.63, 3.8) is 0 Å². The van der Waals surface area contributed by atoms with E-state index in [2.05, 4.69) is 5.32 Å². The molecule has 4 nitrogen and oxygen atoms in total. The summed E-state index contributed by atoms with van der Waals surface area (Å²) in [5.74, 6) is 0.346. The third kappa shape index (κ3) is 2.65. The average Bonchev–Trinajstić information content (AvgIpc) is 2.59. The first-order chi connectivity index (χ1) is 7.59. The molecule has 0 radical (unpaired) electrons. The minimum absolute atomic E-state index is 0.0941. The number of nitrogens with one attached hydrogen (secondary N) is 1. The summed E-state index contributed by atoms with van der Waals surface area (Å²) in [4.78, 5) is 0. The summed E-state index contributed by atoms with van der Waals surface area (Å²) in [7, 11) is 1.65. The van der Waals surface area contributed by atoms with Gasteiger partial charge in [-0.15, -0.1) is 0 Å². The van der Waals surface area contributed by atoms with Crippen molar-refractivity contribution >= 4 is 5.69 Å². The Morgan fingerprint density at radius 3 is 2.50 bits per heavy atom. The van der Waals surface area contributed by atoms with Gasteiger partial charge in [-0.2, -0.15) is 0 Å². The SMILES string of the molecule is COc1ccc(NC2COC(C)(C)O2)cc1. The van der Waals surface area contributed by atoms with Gasteiger partial charge in [-0.05, 0) is 38.1 Å². The Kier molecular flexibility index (Phi) is 3.03. The van der Waals surface area contributed by atoms with Crippen LogP contribution < -0.4 is 10.1 Å². The highest BCUT2D eigenvalue weighted by atomic mass is 16.7. The summed E-state index contributed by atoms with van der Waals surface area (Å²) in [5.41, 5.74) is 0.993. The van der Waals surface area contributed by atoms with Crippen molar-refractivity contribution in [1.82, 2.24) is 0 Å². The highest BCUT2D eigenvalue weighted by Gasteiger charge is 2.32. The quantitative estimate of drug-likeness (QED) is 0.852. The molecule has 2 rings (SSSR count). The standard InChI is InChI=1S/C12H17NO3/c1-12(2)15-8-11(16-12)13-9-4-6-10(14-3)7-5-9/h4-7,11,13H,8H2,1-3H3. The van der Waals surface area contributed by atoms with Crippen LogP contribution >= 0.6 is 0 Å². The summed E-state index contributed by atoms with van der Waals surface area (Å²) in [5, 5.41) is 3.24. The molecular formula is C12H17NO3. The lowest BCUT2D eigenvalue weighted by atomic mass is 10.3. The third-order valence-corrected chi connectivity index (χ3v) is 2.43. The maximum Gasteiger partial charge on any atom is 0.165 e. The topological polar surface area (TPSA) is 39.7 Å². The van der Waals surface area contributed by atoms with Crippen LogP contribution in [-0.4, -0.2) is 25.7 Å². The minimum Gasteiger partial charge on any atom is -0.497 e. The molecular weight excluding hydrogens is 206 g/mol. The van der Waals surface area contributed by atoms with Gasteiger partial charge in [-0.25, -0.2) is 0 Å². The first-order valence-electron chi connectivity index (χ1n) is 5.31. The molecule has 0 aromatic heterocycles. The van der Waals surface area contributed by atoms with Crippen molar-refractivity contribution in [2.24, 2.45) is 0 Å². The largest absolute Gasteiger partial charge is 0.497 e. The molecule has 1 N–H and O–H groups in total. The van der Waals surface area contributed by atoms with Crippen LogP contribution in [0.25, 0.3) is 0 Å². The molecule has 0 aliphatic carbocycles. The van der Waals surface area contributed by atoms with Crippen LogP contribution in [0.3, 0.4) is 0 Å². The molecule has 0 saturated carbocycles. The molecule has 1 aliphatic rings. The molecule has 1 fully saturated rings. The summed E-state index contributed by atoms with van der Waals surface area (Å²) in [6, 6.07) is 7.72. The fourth-order valence-electron chi connectivity index (χ4n) is 1.63. The van der Waals surface area contributed by atoms with E-state index in [1.165, 1.54) is 0 Å². The van der Waals surface area contributed by atoms with Crippen LogP contribution in [0, 0.1) is 0 Å². The van der Waals surface area contributed by atoms with Crippen LogP contribution in [0.4, 0.5) is 5.69 Å². The zero-order chi connectivity index (χ0) is 11.6. The van der Waals surface area contributed by atoms with Gasteiger partial charge in [0.15, 0.2) is 12.0 Å². The molecule has 1 unspecified atom stereocenters. The van der Waals surface area contributed by atoms with Gasteiger partial charge in [0.05, 0.1) is 13.7 Å².